The standard InChI is InChI=1S/C27H27NO3/c1-3-4-5-6-20-7-10-22(11-8-20)23-12-14-24(15-13-23)27(29)31-25-16-9-21(17-18-28)19-26(25)30-2/h7-16,19H,3-6,17H2,1-2H3. The zero-order valence-corrected chi connectivity index (χ0v) is 18.1. The second-order valence-electron chi connectivity index (χ2n) is 7.44. The normalized spacial score (nSPS) is 10.4. The second kappa shape index (κ2) is 11.0. The SMILES string of the molecule is CCCCCc1ccc(-c2ccc(C(=O)Oc3ccc(CC#N)cc3OC)cc2)cc1. The number of rotatable bonds is 9. The van der Waals surface area contributed by atoms with Crippen LogP contribution in [0.4, 0.5) is 0 Å². The molecule has 3 rings (SSSR count). The molecule has 0 spiro atoms. The van der Waals surface area contributed by atoms with E-state index in [0.29, 0.717) is 17.1 Å². The largest absolute Gasteiger partial charge is 0.493 e. The molecule has 0 aromatic heterocycles. The molecular weight excluding hydrogens is 386 g/mol. The van der Waals surface area contributed by atoms with Gasteiger partial charge in [0, 0.05) is 0 Å². The first-order valence-corrected chi connectivity index (χ1v) is 10.6. The molecule has 3 aromatic carbocycles. The Labute approximate surface area is 184 Å². The highest BCUT2D eigenvalue weighted by molar-refractivity contribution is 5.92. The summed E-state index contributed by atoms with van der Waals surface area (Å²) in [4.78, 5) is 12.6. The van der Waals surface area contributed by atoms with E-state index in [2.05, 4.69) is 37.3 Å². The number of methoxy groups -OCH3 is 1. The summed E-state index contributed by atoms with van der Waals surface area (Å²) in [5, 5.41) is 8.83. The number of aryl methyl sites for hydroxylation is 1. The first-order valence-electron chi connectivity index (χ1n) is 10.6. The van der Waals surface area contributed by atoms with Gasteiger partial charge in [-0.1, -0.05) is 62.2 Å². The number of esters is 1. The van der Waals surface area contributed by atoms with Crippen molar-refractivity contribution in [1.82, 2.24) is 0 Å². The number of nitriles is 1. The lowest BCUT2D eigenvalue weighted by atomic mass is 10.0. The van der Waals surface area contributed by atoms with Crippen molar-refractivity contribution in [3.63, 3.8) is 0 Å². The smallest absolute Gasteiger partial charge is 0.343 e. The van der Waals surface area contributed by atoms with Crippen LogP contribution in [0.3, 0.4) is 0 Å². The van der Waals surface area contributed by atoms with E-state index < -0.39 is 5.97 Å². The number of carbonyl (C=O) groups is 1. The molecule has 4 heteroatoms. The van der Waals surface area contributed by atoms with E-state index in [1.165, 1.54) is 31.9 Å². The van der Waals surface area contributed by atoms with Gasteiger partial charge in [0.15, 0.2) is 11.5 Å². The fourth-order valence-electron chi connectivity index (χ4n) is 3.40. The maximum atomic E-state index is 12.6. The summed E-state index contributed by atoms with van der Waals surface area (Å²) in [6, 6.07) is 23.2. The number of benzene rings is 3. The Bertz CT molecular complexity index is 1050. The van der Waals surface area contributed by atoms with Gasteiger partial charge < -0.3 is 9.47 Å². The van der Waals surface area contributed by atoms with Crippen molar-refractivity contribution in [3.05, 3.63) is 83.4 Å². The minimum absolute atomic E-state index is 0.270. The average molecular weight is 414 g/mol. The highest BCUT2D eigenvalue weighted by Gasteiger charge is 2.13. The Morgan fingerprint density at radius 1 is 0.871 bits per heavy atom. The van der Waals surface area contributed by atoms with Crippen molar-refractivity contribution in [3.8, 4) is 28.7 Å². The van der Waals surface area contributed by atoms with Crippen LogP contribution in [0, 0.1) is 11.3 Å². The molecule has 0 aliphatic heterocycles. The highest BCUT2D eigenvalue weighted by Crippen LogP contribution is 2.29. The Kier molecular flexibility index (Phi) is 7.84. The number of nitrogens with zero attached hydrogens (tertiary/aromatic N) is 1. The van der Waals surface area contributed by atoms with Crippen molar-refractivity contribution in [2.75, 3.05) is 7.11 Å². The number of unbranched alkanes of at least 4 members (excludes halogenated alkanes) is 2. The van der Waals surface area contributed by atoms with Crippen molar-refractivity contribution in [2.45, 2.75) is 39.0 Å². The lowest BCUT2D eigenvalue weighted by Gasteiger charge is -2.11. The fourth-order valence-corrected chi connectivity index (χ4v) is 3.40. The summed E-state index contributed by atoms with van der Waals surface area (Å²) in [6.45, 7) is 2.21. The molecule has 31 heavy (non-hydrogen) atoms. The summed E-state index contributed by atoms with van der Waals surface area (Å²) in [5.41, 5.74) is 4.79. The van der Waals surface area contributed by atoms with E-state index in [9.17, 15) is 4.79 Å². The van der Waals surface area contributed by atoms with Crippen molar-refractivity contribution >= 4 is 5.97 Å². The van der Waals surface area contributed by atoms with Crippen molar-refractivity contribution < 1.29 is 14.3 Å². The molecule has 0 amide bonds. The fraction of sp³-hybridized carbons (Fsp3) is 0.259. The maximum Gasteiger partial charge on any atom is 0.343 e. The molecule has 0 fully saturated rings. The monoisotopic (exact) mass is 413 g/mol. The third-order valence-corrected chi connectivity index (χ3v) is 5.19. The molecule has 0 atom stereocenters. The molecule has 0 unspecified atom stereocenters. The number of hydrogen-bond acceptors (Lipinski definition) is 4. The van der Waals surface area contributed by atoms with Crippen LogP contribution in [0.2, 0.25) is 0 Å². The lowest BCUT2D eigenvalue weighted by Crippen LogP contribution is -2.09. The lowest BCUT2D eigenvalue weighted by molar-refractivity contribution is 0.0729. The minimum Gasteiger partial charge on any atom is -0.493 e. The molecule has 0 aliphatic carbocycles. The van der Waals surface area contributed by atoms with Crippen molar-refractivity contribution in [1.29, 1.82) is 5.26 Å². The molecule has 0 saturated carbocycles. The van der Waals surface area contributed by atoms with Gasteiger partial charge in [0.25, 0.3) is 0 Å². The Morgan fingerprint density at radius 2 is 1.52 bits per heavy atom. The van der Waals surface area contributed by atoms with Gasteiger partial charge in [-0.2, -0.15) is 5.26 Å². The number of hydrogen-bond donors (Lipinski definition) is 0. The first kappa shape index (κ1) is 22.1. The van der Waals surface area contributed by atoms with E-state index in [4.69, 9.17) is 14.7 Å². The third kappa shape index (κ3) is 5.96. The summed E-state index contributed by atoms with van der Waals surface area (Å²) in [6.07, 6.45) is 5.09. The second-order valence-corrected chi connectivity index (χ2v) is 7.44. The van der Waals surface area contributed by atoms with Crippen molar-refractivity contribution in [2.24, 2.45) is 0 Å². The molecule has 0 heterocycles. The predicted molar refractivity (Wildman–Crippen MR) is 122 cm³/mol. The van der Waals surface area contributed by atoms with E-state index in [-0.39, 0.29) is 6.42 Å². The molecule has 0 radical (unpaired) electrons. The van der Waals surface area contributed by atoms with Crippen LogP contribution < -0.4 is 9.47 Å². The molecule has 3 aromatic rings. The van der Waals surface area contributed by atoms with Gasteiger partial charge in [-0.15, -0.1) is 0 Å². The quantitative estimate of drug-likeness (QED) is 0.232. The molecule has 158 valence electrons. The van der Waals surface area contributed by atoms with Crippen LogP contribution in [0.25, 0.3) is 11.1 Å². The van der Waals surface area contributed by atoms with Gasteiger partial charge in [0.2, 0.25) is 0 Å². The minimum atomic E-state index is -0.454. The molecule has 4 nitrogen and oxygen atoms in total. The van der Waals surface area contributed by atoms with E-state index in [1.807, 2.05) is 12.1 Å². The van der Waals surface area contributed by atoms with Crippen LogP contribution in [0.1, 0.15) is 47.7 Å². The zero-order chi connectivity index (χ0) is 22.1. The zero-order valence-electron chi connectivity index (χ0n) is 18.1. The van der Waals surface area contributed by atoms with Gasteiger partial charge in [-0.05, 0) is 59.4 Å². The van der Waals surface area contributed by atoms with E-state index in [0.717, 1.165) is 23.1 Å². The molecule has 0 N–H and O–H groups in total. The predicted octanol–water partition coefficient (Wildman–Crippen LogP) is 6.38. The van der Waals surface area contributed by atoms with E-state index >= 15 is 0 Å². The Balaban J connectivity index is 1.67. The molecule has 0 bridgehead atoms. The van der Waals surface area contributed by atoms with E-state index in [1.54, 1.807) is 30.3 Å². The summed E-state index contributed by atoms with van der Waals surface area (Å²) < 4.78 is 10.8. The van der Waals surface area contributed by atoms with Crippen LogP contribution >= 0.6 is 0 Å². The topological polar surface area (TPSA) is 59.3 Å². The third-order valence-electron chi connectivity index (χ3n) is 5.19. The first-order chi connectivity index (χ1) is 15.1. The van der Waals surface area contributed by atoms with Crippen LogP contribution in [0.15, 0.2) is 66.7 Å². The van der Waals surface area contributed by atoms with Gasteiger partial charge in [-0.25, -0.2) is 4.79 Å². The summed E-state index contributed by atoms with van der Waals surface area (Å²) in [7, 11) is 1.51. The highest BCUT2D eigenvalue weighted by atomic mass is 16.6. The number of carbonyl (C=O) groups excluding carboxylic acids is 1. The molecule has 0 aliphatic rings. The Morgan fingerprint density at radius 3 is 2.13 bits per heavy atom. The summed E-state index contributed by atoms with van der Waals surface area (Å²) >= 11 is 0. The number of ether oxygens (including phenoxy) is 2. The van der Waals surface area contributed by atoms with Gasteiger partial charge in [-0.3, -0.25) is 0 Å². The van der Waals surface area contributed by atoms with Crippen LogP contribution in [-0.2, 0) is 12.8 Å². The molecular formula is C27H27NO3. The van der Waals surface area contributed by atoms with Gasteiger partial charge in [0.1, 0.15) is 0 Å². The molecule has 0 saturated heterocycles. The van der Waals surface area contributed by atoms with Gasteiger partial charge >= 0.3 is 5.97 Å². The summed E-state index contributed by atoms with van der Waals surface area (Å²) in [5.74, 6) is 0.304. The van der Waals surface area contributed by atoms with Gasteiger partial charge in [0.05, 0.1) is 25.2 Å². The Hall–Kier alpha value is -3.58. The average Bonchev–Trinajstić information content (AvgIpc) is 2.81. The maximum absolute atomic E-state index is 12.6. The van der Waals surface area contributed by atoms with Crippen LogP contribution in [-0.4, -0.2) is 13.1 Å². The van der Waals surface area contributed by atoms with Crippen LogP contribution in [0.5, 0.6) is 11.5 Å².